The fraction of sp³-hybridized carbons (Fsp3) is 0.600. The van der Waals surface area contributed by atoms with Crippen molar-refractivity contribution in [2.45, 2.75) is 32.6 Å². The molecule has 0 bridgehead atoms. The van der Waals surface area contributed by atoms with Crippen molar-refractivity contribution in [1.29, 1.82) is 0 Å². The summed E-state index contributed by atoms with van der Waals surface area (Å²) in [4.78, 5) is 0. The lowest BCUT2D eigenvalue weighted by Gasteiger charge is -2.34. The van der Waals surface area contributed by atoms with E-state index in [1.807, 2.05) is 38.1 Å². The maximum Gasteiger partial charge on any atom is 0.215 e. The third kappa shape index (κ3) is 5.31. The second kappa shape index (κ2) is 7.88. The number of nitrogens with one attached hydrogen (secondary N) is 1. The van der Waals surface area contributed by atoms with E-state index in [9.17, 15) is 8.42 Å². The Balaban J connectivity index is 1.78. The Morgan fingerprint density at radius 1 is 1.23 bits per heavy atom. The molecule has 2 atom stereocenters. The van der Waals surface area contributed by atoms with Crippen molar-refractivity contribution in [3.8, 4) is 0 Å². The van der Waals surface area contributed by atoms with Crippen LogP contribution in [-0.2, 0) is 21.3 Å². The lowest BCUT2D eigenvalue weighted by molar-refractivity contribution is -0.0440. The van der Waals surface area contributed by atoms with Gasteiger partial charge in [0.1, 0.15) is 0 Å². The van der Waals surface area contributed by atoms with E-state index in [4.69, 9.17) is 4.74 Å². The normalized spacial score (nSPS) is 23.6. The van der Waals surface area contributed by atoms with Crippen molar-refractivity contribution >= 4 is 26.0 Å². The van der Waals surface area contributed by atoms with Gasteiger partial charge in [0.15, 0.2) is 0 Å². The number of ether oxygens (including phenoxy) is 1. The zero-order valence-corrected chi connectivity index (χ0v) is 15.4. The molecule has 0 amide bonds. The Hall–Kier alpha value is -0.470. The van der Waals surface area contributed by atoms with Gasteiger partial charge in [0, 0.05) is 30.7 Å². The first-order chi connectivity index (χ1) is 10.4. The maximum absolute atomic E-state index is 12.4. The standard InChI is InChI=1S/C15H23BrN2O3S/c1-12-10-18(11-13(2)21-12)22(19,20)8-7-17-9-14-3-5-15(16)6-4-14/h3-6,12-13,17H,7-11H2,1-2H3. The smallest absolute Gasteiger partial charge is 0.215 e. The van der Waals surface area contributed by atoms with E-state index in [1.165, 1.54) is 0 Å². The summed E-state index contributed by atoms with van der Waals surface area (Å²) in [7, 11) is -3.23. The van der Waals surface area contributed by atoms with Gasteiger partial charge in [-0.05, 0) is 31.5 Å². The molecule has 1 aromatic carbocycles. The molecule has 0 aromatic heterocycles. The van der Waals surface area contributed by atoms with Crippen LogP contribution in [0.5, 0.6) is 0 Å². The summed E-state index contributed by atoms with van der Waals surface area (Å²) in [6, 6.07) is 7.97. The summed E-state index contributed by atoms with van der Waals surface area (Å²) in [5.41, 5.74) is 1.13. The molecule has 1 heterocycles. The summed E-state index contributed by atoms with van der Waals surface area (Å²) in [5, 5.41) is 3.19. The molecule has 0 saturated carbocycles. The van der Waals surface area contributed by atoms with E-state index in [1.54, 1.807) is 4.31 Å². The summed E-state index contributed by atoms with van der Waals surface area (Å²) < 4.78 is 32.9. The maximum atomic E-state index is 12.4. The van der Waals surface area contributed by atoms with Crippen molar-refractivity contribution in [3.63, 3.8) is 0 Å². The van der Waals surface area contributed by atoms with Gasteiger partial charge in [-0.2, -0.15) is 4.31 Å². The van der Waals surface area contributed by atoms with Gasteiger partial charge in [0.25, 0.3) is 0 Å². The second-order valence-corrected chi connectivity index (χ2v) is 8.70. The molecule has 1 N–H and O–H groups in total. The highest BCUT2D eigenvalue weighted by atomic mass is 79.9. The zero-order chi connectivity index (χ0) is 16.2. The molecule has 7 heteroatoms. The van der Waals surface area contributed by atoms with Crippen molar-refractivity contribution in [3.05, 3.63) is 34.3 Å². The van der Waals surface area contributed by atoms with Crippen molar-refractivity contribution in [1.82, 2.24) is 9.62 Å². The van der Waals surface area contributed by atoms with Crippen LogP contribution in [0.3, 0.4) is 0 Å². The number of hydrogen-bond donors (Lipinski definition) is 1. The predicted octanol–water partition coefficient (Wildman–Crippen LogP) is 1.98. The molecule has 0 radical (unpaired) electrons. The molecule has 1 aliphatic heterocycles. The predicted molar refractivity (Wildman–Crippen MR) is 91.2 cm³/mol. The third-order valence-corrected chi connectivity index (χ3v) is 5.89. The quantitative estimate of drug-likeness (QED) is 0.754. The first-order valence-corrected chi connectivity index (χ1v) is 9.85. The lowest BCUT2D eigenvalue weighted by Crippen LogP contribution is -2.49. The first-order valence-electron chi connectivity index (χ1n) is 7.45. The molecule has 0 spiro atoms. The van der Waals surface area contributed by atoms with E-state index in [0.29, 0.717) is 26.2 Å². The molecule has 5 nitrogen and oxygen atoms in total. The summed E-state index contributed by atoms with van der Waals surface area (Å²) in [6.45, 7) is 5.81. The van der Waals surface area contributed by atoms with Crippen LogP contribution < -0.4 is 5.32 Å². The summed E-state index contributed by atoms with van der Waals surface area (Å²) in [6.07, 6.45) is -0.0940. The highest BCUT2D eigenvalue weighted by Gasteiger charge is 2.30. The number of nitrogens with zero attached hydrogens (tertiary/aromatic N) is 1. The van der Waals surface area contributed by atoms with Gasteiger partial charge in [-0.15, -0.1) is 0 Å². The Morgan fingerprint density at radius 3 is 2.41 bits per heavy atom. The molecular weight excluding hydrogens is 368 g/mol. The summed E-state index contributed by atoms with van der Waals surface area (Å²) in [5.74, 6) is 0.114. The van der Waals surface area contributed by atoms with Gasteiger partial charge in [0.05, 0.1) is 18.0 Å². The average Bonchev–Trinajstić information content (AvgIpc) is 2.44. The topological polar surface area (TPSA) is 58.6 Å². The van der Waals surface area contributed by atoms with Crippen LogP contribution in [0.1, 0.15) is 19.4 Å². The van der Waals surface area contributed by atoms with Gasteiger partial charge in [-0.1, -0.05) is 28.1 Å². The van der Waals surface area contributed by atoms with Gasteiger partial charge in [0.2, 0.25) is 10.0 Å². The fourth-order valence-corrected chi connectivity index (χ4v) is 4.32. The van der Waals surface area contributed by atoms with Crippen LogP contribution in [0, 0.1) is 0 Å². The third-order valence-electron chi connectivity index (χ3n) is 3.56. The molecular formula is C15H23BrN2O3S. The van der Waals surface area contributed by atoms with Crippen LogP contribution in [0.4, 0.5) is 0 Å². The molecule has 22 heavy (non-hydrogen) atoms. The van der Waals surface area contributed by atoms with Crippen LogP contribution in [0.15, 0.2) is 28.7 Å². The van der Waals surface area contributed by atoms with Crippen molar-refractivity contribution < 1.29 is 13.2 Å². The Labute approximate surface area is 141 Å². The van der Waals surface area contributed by atoms with E-state index in [2.05, 4.69) is 21.2 Å². The SMILES string of the molecule is CC1CN(S(=O)(=O)CCNCc2ccc(Br)cc2)CC(C)O1. The molecule has 1 saturated heterocycles. The van der Waals surface area contributed by atoms with E-state index < -0.39 is 10.0 Å². The van der Waals surface area contributed by atoms with Gasteiger partial charge in [-0.3, -0.25) is 0 Å². The van der Waals surface area contributed by atoms with E-state index >= 15 is 0 Å². The van der Waals surface area contributed by atoms with Gasteiger partial charge >= 0.3 is 0 Å². The second-order valence-electron chi connectivity index (χ2n) is 5.69. The summed E-state index contributed by atoms with van der Waals surface area (Å²) >= 11 is 3.39. The number of sulfonamides is 1. The minimum absolute atomic E-state index is 0.0470. The Morgan fingerprint density at radius 2 is 1.82 bits per heavy atom. The fourth-order valence-electron chi connectivity index (χ4n) is 2.52. The average molecular weight is 391 g/mol. The Kier molecular flexibility index (Phi) is 6.40. The number of morpholine rings is 1. The van der Waals surface area contributed by atoms with Crippen molar-refractivity contribution in [2.24, 2.45) is 0 Å². The molecule has 124 valence electrons. The molecule has 1 aromatic rings. The van der Waals surface area contributed by atoms with Gasteiger partial charge < -0.3 is 10.1 Å². The highest BCUT2D eigenvalue weighted by Crippen LogP contribution is 2.14. The zero-order valence-electron chi connectivity index (χ0n) is 13.0. The van der Waals surface area contributed by atoms with Gasteiger partial charge in [-0.25, -0.2) is 8.42 Å². The Bertz CT molecular complexity index is 567. The van der Waals surface area contributed by atoms with Crippen LogP contribution in [0.25, 0.3) is 0 Å². The van der Waals surface area contributed by atoms with Crippen molar-refractivity contribution in [2.75, 3.05) is 25.4 Å². The molecule has 0 aliphatic carbocycles. The number of benzene rings is 1. The lowest BCUT2D eigenvalue weighted by atomic mass is 10.2. The van der Waals surface area contributed by atoms with Crippen LogP contribution in [0.2, 0.25) is 0 Å². The largest absolute Gasteiger partial charge is 0.373 e. The number of rotatable bonds is 6. The number of hydrogen-bond acceptors (Lipinski definition) is 4. The van der Waals surface area contributed by atoms with Crippen LogP contribution in [-0.4, -0.2) is 50.3 Å². The molecule has 1 aliphatic rings. The molecule has 2 unspecified atom stereocenters. The minimum Gasteiger partial charge on any atom is -0.373 e. The molecule has 2 rings (SSSR count). The van der Waals surface area contributed by atoms with Crippen LogP contribution >= 0.6 is 15.9 Å². The van der Waals surface area contributed by atoms with E-state index in [-0.39, 0.29) is 18.0 Å². The molecule has 1 fully saturated rings. The monoisotopic (exact) mass is 390 g/mol. The van der Waals surface area contributed by atoms with E-state index in [0.717, 1.165) is 10.0 Å². The minimum atomic E-state index is -3.23. The highest BCUT2D eigenvalue weighted by molar-refractivity contribution is 9.10. The first kappa shape index (κ1) is 17.9. The number of halogens is 1.